The Morgan fingerprint density at radius 2 is 1.69 bits per heavy atom. The Morgan fingerprint density at radius 1 is 1.00 bits per heavy atom. The van der Waals surface area contributed by atoms with Crippen LogP contribution in [-0.4, -0.2) is 36.7 Å². The van der Waals surface area contributed by atoms with Gasteiger partial charge in [0, 0.05) is 12.0 Å². The highest BCUT2D eigenvalue weighted by atomic mass is 32.1. The minimum Gasteiger partial charge on any atom is -0.493 e. The van der Waals surface area contributed by atoms with Crippen LogP contribution in [0.4, 0.5) is 0 Å². The Labute approximate surface area is 206 Å². The van der Waals surface area contributed by atoms with E-state index in [1.807, 2.05) is 37.3 Å². The van der Waals surface area contributed by atoms with Gasteiger partial charge in [-0.2, -0.15) is 0 Å². The quantitative estimate of drug-likeness (QED) is 0.380. The highest BCUT2D eigenvalue weighted by molar-refractivity contribution is 7.20. The van der Waals surface area contributed by atoms with Gasteiger partial charge in [-0.05, 0) is 35.6 Å². The van der Waals surface area contributed by atoms with Gasteiger partial charge < -0.3 is 14.2 Å². The van der Waals surface area contributed by atoms with Crippen molar-refractivity contribution in [2.24, 2.45) is 5.92 Å². The molecule has 0 fully saturated rings. The van der Waals surface area contributed by atoms with E-state index in [-0.39, 0.29) is 17.3 Å². The van der Waals surface area contributed by atoms with Crippen LogP contribution in [0.3, 0.4) is 0 Å². The van der Waals surface area contributed by atoms with Crippen molar-refractivity contribution < 1.29 is 19.0 Å². The lowest BCUT2D eigenvalue weighted by atomic mass is 9.88. The first kappa shape index (κ1) is 23.1. The summed E-state index contributed by atoms with van der Waals surface area (Å²) < 4.78 is 18.2. The predicted molar refractivity (Wildman–Crippen MR) is 136 cm³/mol. The van der Waals surface area contributed by atoms with E-state index in [9.17, 15) is 9.59 Å². The third-order valence-corrected chi connectivity index (χ3v) is 7.52. The molecule has 2 aromatic carbocycles. The zero-order valence-corrected chi connectivity index (χ0v) is 20.9. The summed E-state index contributed by atoms with van der Waals surface area (Å²) in [7, 11) is 4.65. The van der Waals surface area contributed by atoms with Gasteiger partial charge in [-0.15, -0.1) is 11.3 Å². The van der Waals surface area contributed by atoms with Gasteiger partial charge in [0.1, 0.15) is 10.7 Å². The van der Waals surface area contributed by atoms with Crippen molar-refractivity contribution in [3.63, 3.8) is 0 Å². The number of hydrogen-bond donors (Lipinski definition) is 0. The normalized spacial score (nSPS) is 15.2. The van der Waals surface area contributed by atoms with Gasteiger partial charge in [-0.25, -0.2) is 4.98 Å². The average Bonchev–Trinajstić information content (AvgIpc) is 3.24. The molecule has 0 spiro atoms. The number of hydrogen-bond acceptors (Lipinski definition) is 7. The summed E-state index contributed by atoms with van der Waals surface area (Å²) in [4.78, 5) is 33.0. The highest BCUT2D eigenvalue weighted by Crippen LogP contribution is 2.42. The van der Waals surface area contributed by atoms with Gasteiger partial charge in [0.05, 0.1) is 38.1 Å². The summed E-state index contributed by atoms with van der Waals surface area (Å²) in [5.41, 5.74) is 2.31. The third-order valence-electron chi connectivity index (χ3n) is 6.36. The van der Waals surface area contributed by atoms with Gasteiger partial charge in [0.25, 0.3) is 5.56 Å². The van der Waals surface area contributed by atoms with E-state index in [0.29, 0.717) is 63.1 Å². The molecule has 1 aliphatic carbocycles. The molecule has 1 unspecified atom stereocenters. The third kappa shape index (κ3) is 3.97. The first-order valence-corrected chi connectivity index (χ1v) is 12.2. The summed E-state index contributed by atoms with van der Waals surface area (Å²) in [6.45, 7) is 2.38. The Balaban J connectivity index is 1.81. The molecule has 7 nitrogen and oxygen atoms in total. The van der Waals surface area contributed by atoms with E-state index in [1.54, 1.807) is 38.0 Å². The number of carbonyl (C=O) groups excluding carboxylic acids is 1. The van der Waals surface area contributed by atoms with Crippen molar-refractivity contribution in [2.45, 2.75) is 26.3 Å². The number of fused-ring (bicyclic) bond motifs is 3. The second kappa shape index (κ2) is 9.19. The first-order valence-electron chi connectivity index (χ1n) is 11.4. The number of rotatable bonds is 6. The first-order chi connectivity index (χ1) is 16.9. The SMILES string of the molecule is COc1cc(-c2nc3sc4c(c3c(=O)n2Cc2ccccc2)CC(C)CC4=O)cc(OC)c1OC. The van der Waals surface area contributed by atoms with E-state index in [0.717, 1.165) is 11.1 Å². The number of methoxy groups -OCH3 is 3. The molecule has 2 aromatic heterocycles. The summed E-state index contributed by atoms with van der Waals surface area (Å²) in [6.07, 6.45) is 1.20. The Kier molecular flexibility index (Phi) is 6.06. The smallest absolute Gasteiger partial charge is 0.263 e. The summed E-state index contributed by atoms with van der Waals surface area (Å²) in [5, 5.41) is 0.553. The number of carbonyl (C=O) groups is 1. The molecule has 0 radical (unpaired) electrons. The van der Waals surface area contributed by atoms with Crippen LogP contribution in [0.25, 0.3) is 21.6 Å². The molecule has 0 N–H and O–H groups in total. The van der Waals surface area contributed by atoms with E-state index in [2.05, 4.69) is 0 Å². The van der Waals surface area contributed by atoms with Crippen molar-refractivity contribution in [3.05, 3.63) is 68.8 Å². The maximum absolute atomic E-state index is 14.0. The highest BCUT2D eigenvalue weighted by Gasteiger charge is 2.30. The number of thiophene rings is 1. The van der Waals surface area contributed by atoms with Crippen LogP contribution >= 0.6 is 11.3 Å². The zero-order chi connectivity index (χ0) is 24.7. The second-order valence-corrected chi connectivity index (χ2v) is 9.75. The Morgan fingerprint density at radius 3 is 2.31 bits per heavy atom. The average molecular weight is 491 g/mol. The fourth-order valence-electron chi connectivity index (χ4n) is 4.73. The summed E-state index contributed by atoms with van der Waals surface area (Å²) in [6, 6.07) is 13.4. The molecule has 1 aliphatic rings. The lowest BCUT2D eigenvalue weighted by molar-refractivity contribution is 0.0958. The van der Waals surface area contributed by atoms with Crippen LogP contribution in [0.5, 0.6) is 17.2 Å². The predicted octanol–water partition coefficient (Wildman–Crippen LogP) is 4.96. The van der Waals surface area contributed by atoms with E-state index in [4.69, 9.17) is 19.2 Å². The molecule has 0 bridgehead atoms. The molecule has 5 rings (SSSR count). The lowest BCUT2D eigenvalue weighted by Crippen LogP contribution is -2.25. The van der Waals surface area contributed by atoms with Crippen LogP contribution in [0, 0.1) is 5.92 Å². The van der Waals surface area contributed by atoms with Crippen molar-refractivity contribution in [2.75, 3.05) is 21.3 Å². The van der Waals surface area contributed by atoms with Gasteiger partial charge in [-0.1, -0.05) is 37.3 Å². The monoisotopic (exact) mass is 490 g/mol. The van der Waals surface area contributed by atoms with Crippen molar-refractivity contribution in [1.82, 2.24) is 9.55 Å². The lowest BCUT2D eigenvalue weighted by Gasteiger charge is -2.18. The van der Waals surface area contributed by atoms with E-state index in [1.165, 1.54) is 11.3 Å². The number of ether oxygens (including phenoxy) is 3. The molecular weight excluding hydrogens is 464 g/mol. The van der Waals surface area contributed by atoms with Crippen molar-refractivity contribution in [3.8, 4) is 28.6 Å². The van der Waals surface area contributed by atoms with Crippen LogP contribution < -0.4 is 19.8 Å². The fraction of sp³-hybridized carbons (Fsp3) is 0.296. The maximum Gasteiger partial charge on any atom is 0.263 e. The molecule has 8 heteroatoms. The van der Waals surface area contributed by atoms with Gasteiger partial charge in [0.15, 0.2) is 17.3 Å². The molecular formula is C27H26N2O5S. The van der Waals surface area contributed by atoms with E-state index >= 15 is 0 Å². The van der Waals surface area contributed by atoms with Crippen LogP contribution in [0.2, 0.25) is 0 Å². The maximum atomic E-state index is 14.0. The largest absolute Gasteiger partial charge is 0.493 e. The molecule has 2 heterocycles. The van der Waals surface area contributed by atoms with Crippen molar-refractivity contribution in [1.29, 1.82) is 0 Å². The van der Waals surface area contributed by atoms with Crippen LogP contribution in [-0.2, 0) is 13.0 Å². The number of benzene rings is 2. The number of ketones is 1. The van der Waals surface area contributed by atoms with Crippen LogP contribution in [0.1, 0.15) is 34.1 Å². The minimum absolute atomic E-state index is 0.0881. The standard InChI is InChI=1S/C27H26N2O5S/c1-15-10-18-22-26(35-24(18)19(30)11-15)28-25(29(27(22)31)14-16-8-6-5-7-9-16)17-12-20(32-2)23(34-4)21(13-17)33-3/h5-9,12-13,15H,10-11,14H2,1-4H3. The number of nitrogens with zero attached hydrogens (tertiary/aromatic N) is 2. The molecule has 0 saturated heterocycles. The fourth-order valence-corrected chi connectivity index (χ4v) is 5.88. The van der Waals surface area contributed by atoms with E-state index < -0.39 is 0 Å². The van der Waals surface area contributed by atoms with Gasteiger partial charge in [0.2, 0.25) is 5.75 Å². The van der Waals surface area contributed by atoms with Gasteiger partial charge >= 0.3 is 0 Å². The Bertz CT molecular complexity index is 1460. The van der Waals surface area contributed by atoms with Crippen LogP contribution in [0.15, 0.2) is 47.3 Å². The Hall–Kier alpha value is -3.65. The number of aromatic nitrogens is 2. The second-order valence-electron chi connectivity index (χ2n) is 8.75. The molecule has 4 aromatic rings. The summed E-state index contributed by atoms with van der Waals surface area (Å²) >= 11 is 1.31. The topological polar surface area (TPSA) is 79.7 Å². The zero-order valence-electron chi connectivity index (χ0n) is 20.1. The molecule has 0 amide bonds. The molecule has 0 saturated carbocycles. The molecule has 35 heavy (non-hydrogen) atoms. The number of Topliss-reactive ketones (excluding diaryl/α,β-unsaturated/α-hetero) is 1. The molecule has 1 atom stereocenters. The molecule has 0 aliphatic heterocycles. The van der Waals surface area contributed by atoms with Crippen molar-refractivity contribution >= 4 is 27.3 Å². The summed E-state index contributed by atoms with van der Waals surface area (Å²) in [5.74, 6) is 2.16. The minimum atomic E-state index is -0.151. The van der Waals surface area contributed by atoms with Gasteiger partial charge in [-0.3, -0.25) is 14.2 Å². The molecule has 180 valence electrons.